The van der Waals surface area contributed by atoms with Crippen LogP contribution in [0.1, 0.15) is 25.3 Å². The van der Waals surface area contributed by atoms with Gasteiger partial charge in [0.25, 0.3) is 0 Å². The first-order valence-electron chi connectivity index (χ1n) is 4.70. The van der Waals surface area contributed by atoms with E-state index in [0.717, 1.165) is 11.3 Å². The Balaban J connectivity index is 2.54. The predicted molar refractivity (Wildman–Crippen MR) is 58.0 cm³/mol. The summed E-state index contributed by atoms with van der Waals surface area (Å²) in [6.45, 7) is 2.34. The van der Waals surface area contributed by atoms with E-state index < -0.39 is 0 Å². The third kappa shape index (κ3) is 3.41. The maximum Gasteiger partial charge on any atom is 0.0692 e. The van der Waals surface area contributed by atoms with Crippen LogP contribution in [-0.4, -0.2) is 10.9 Å². The quantitative estimate of drug-likeness (QED) is 0.577. The molecule has 72 valence electrons. The molecule has 0 bridgehead atoms. The van der Waals surface area contributed by atoms with Crippen molar-refractivity contribution in [2.24, 2.45) is 0 Å². The van der Waals surface area contributed by atoms with Crippen LogP contribution in [0.15, 0.2) is 29.2 Å². The van der Waals surface area contributed by atoms with E-state index in [1.807, 2.05) is 30.0 Å². The van der Waals surface area contributed by atoms with E-state index in [1.54, 1.807) is 0 Å². The van der Waals surface area contributed by atoms with E-state index >= 15 is 0 Å². The Morgan fingerprint density at radius 2 is 2.08 bits per heavy atom. The lowest BCUT2D eigenvalue weighted by molar-refractivity contribution is 0.279. The van der Waals surface area contributed by atoms with Crippen LogP contribution in [0, 0.1) is 0 Å². The van der Waals surface area contributed by atoms with Crippen molar-refractivity contribution in [3.05, 3.63) is 29.8 Å². The van der Waals surface area contributed by atoms with E-state index in [2.05, 4.69) is 13.0 Å². The van der Waals surface area contributed by atoms with Gasteiger partial charge < -0.3 is 5.11 Å². The van der Waals surface area contributed by atoms with Gasteiger partial charge in [-0.05, 0) is 23.8 Å². The number of hydrogen-bond donors (Lipinski definition) is 1. The highest BCUT2D eigenvalue weighted by atomic mass is 32.2. The van der Waals surface area contributed by atoms with Gasteiger partial charge in [0, 0.05) is 4.90 Å². The normalized spacial score (nSPS) is 10.3. The zero-order chi connectivity index (χ0) is 9.52. The van der Waals surface area contributed by atoms with Gasteiger partial charge in [0.2, 0.25) is 0 Å². The second-order valence-electron chi connectivity index (χ2n) is 2.97. The summed E-state index contributed by atoms with van der Waals surface area (Å²) in [5, 5.41) is 9.06. The highest BCUT2D eigenvalue weighted by Crippen LogP contribution is 2.23. The van der Waals surface area contributed by atoms with Gasteiger partial charge in [0.1, 0.15) is 0 Å². The number of unbranched alkanes of at least 4 members (excludes halogenated alkanes) is 1. The summed E-state index contributed by atoms with van der Waals surface area (Å²) < 4.78 is 0. The first-order valence-corrected chi connectivity index (χ1v) is 5.68. The molecule has 13 heavy (non-hydrogen) atoms. The molecule has 1 rings (SSSR count). The van der Waals surface area contributed by atoms with E-state index in [1.165, 1.54) is 17.7 Å². The fraction of sp³-hybridized carbons (Fsp3) is 0.455. The molecule has 0 amide bonds. The molecule has 2 heteroatoms. The fourth-order valence-corrected chi connectivity index (χ4v) is 2.25. The van der Waals surface area contributed by atoms with Crippen molar-refractivity contribution in [2.75, 3.05) is 5.75 Å². The maximum atomic E-state index is 9.06. The van der Waals surface area contributed by atoms with Gasteiger partial charge in [0.05, 0.1) is 6.61 Å². The molecule has 1 aromatic carbocycles. The minimum Gasteiger partial charge on any atom is -0.392 e. The summed E-state index contributed by atoms with van der Waals surface area (Å²) in [5.74, 6) is 1.15. The van der Waals surface area contributed by atoms with E-state index in [-0.39, 0.29) is 6.61 Å². The van der Waals surface area contributed by atoms with E-state index in [4.69, 9.17) is 5.11 Å². The summed E-state index contributed by atoms with van der Waals surface area (Å²) in [7, 11) is 0. The van der Waals surface area contributed by atoms with Gasteiger partial charge in [-0.25, -0.2) is 0 Å². The van der Waals surface area contributed by atoms with Gasteiger partial charge in [0.15, 0.2) is 0 Å². The first kappa shape index (κ1) is 10.6. The van der Waals surface area contributed by atoms with Crippen LogP contribution in [0.25, 0.3) is 0 Å². The van der Waals surface area contributed by atoms with Crippen molar-refractivity contribution in [2.45, 2.75) is 31.3 Å². The highest BCUT2D eigenvalue weighted by molar-refractivity contribution is 7.99. The van der Waals surface area contributed by atoms with Crippen molar-refractivity contribution in [1.82, 2.24) is 0 Å². The standard InChI is InChI=1S/C11H16OS/c1-2-3-8-13-11-7-5-4-6-10(11)9-12/h4-7,12H,2-3,8-9H2,1H3. The lowest BCUT2D eigenvalue weighted by Gasteiger charge is -2.05. The molecule has 0 aromatic heterocycles. The molecule has 0 aliphatic heterocycles. The molecule has 0 aliphatic carbocycles. The van der Waals surface area contributed by atoms with Gasteiger partial charge in [-0.3, -0.25) is 0 Å². The van der Waals surface area contributed by atoms with Crippen LogP contribution in [-0.2, 0) is 6.61 Å². The third-order valence-electron chi connectivity index (χ3n) is 1.90. The van der Waals surface area contributed by atoms with Crippen molar-refractivity contribution in [3.8, 4) is 0 Å². The Bertz CT molecular complexity index is 248. The molecule has 1 N–H and O–H groups in total. The van der Waals surface area contributed by atoms with Gasteiger partial charge in [-0.1, -0.05) is 31.5 Å². The number of thioether (sulfide) groups is 1. The Labute approximate surface area is 84.2 Å². The van der Waals surface area contributed by atoms with Gasteiger partial charge >= 0.3 is 0 Å². The summed E-state index contributed by atoms with van der Waals surface area (Å²) in [4.78, 5) is 1.22. The molecular weight excluding hydrogens is 180 g/mol. The molecule has 0 aliphatic rings. The highest BCUT2D eigenvalue weighted by Gasteiger charge is 1.99. The molecule has 0 spiro atoms. The first-order chi connectivity index (χ1) is 6.38. The van der Waals surface area contributed by atoms with Crippen LogP contribution < -0.4 is 0 Å². The molecule has 1 aromatic rings. The zero-order valence-electron chi connectivity index (χ0n) is 7.99. The Morgan fingerprint density at radius 3 is 2.77 bits per heavy atom. The minimum absolute atomic E-state index is 0.148. The number of benzene rings is 1. The summed E-state index contributed by atoms with van der Waals surface area (Å²) >= 11 is 1.84. The predicted octanol–water partition coefficient (Wildman–Crippen LogP) is 3.07. The Morgan fingerprint density at radius 1 is 1.31 bits per heavy atom. The van der Waals surface area contributed by atoms with Gasteiger partial charge in [-0.15, -0.1) is 11.8 Å². The van der Waals surface area contributed by atoms with Crippen molar-refractivity contribution in [1.29, 1.82) is 0 Å². The topological polar surface area (TPSA) is 20.2 Å². The van der Waals surface area contributed by atoms with E-state index in [9.17, 15) is 0 Å². The van der Waals surface area contributed by atoms with E-state index in [0.29, 0.717) is 0 Å². The summed E-state index contributed by atoms with van der Waals surface area (Å²) in [6.07, 6.45) is 2.47. The number of aliphatic hydroxyl groups excluding tert-OH is 1. The zero-order valence-corrected chi connectivity index (χ0v) is 8.81. The SMILES string of the molecule is CCCCSc1ccccc1CO. The molecule has 0 fully saturated rings. The lowest BCUT2D eigenvalue weighted by atomic mass is 10.2. The van der Waals surface area contributed by atoms with Crippen LogP contribution >= 0.6 is 11.8 Å². The number of hydrogen-bond acceptors (Lipinski definition) is 2. The summed E-state index contributed by atoms with van der Waals surface area (Å²) in [6, 6.07) is 8.04. The van der Waals surface area contributed by atoms with Crippen LogP contribution in [0.2, 0.25) is 0 Å². The second-order valence-corrected chi connectivity index (χ2v) is 4.10. The average Bonchev–Trinajstić information content (AvgIpc) is 2.19. The monoisotopic (exact) mass is 196 g/mol. The van der Waals surface area contributed by atoms with Crippen LogP contribution in [0.4, 0.5) is 0 Å². The number of rotatable bonds is 5. The lowest BCUT2D eigenvalue weighted by Crippen LogP contribution is -1.87. The largest absolute Gasteiger partial charge is 0.392 e. The number of aliphatic hydroxyl groups is 1. The molecule has 0 atom stereocenters. The molecule has 0 saturated carbocycles. The molecule has 0 heterocycles. The maximum absolute atomic E-state index is 9.06. The third-order valence-corrected chi connectivity index (χ3v) is 3.10. The minimum atomic E-state index is 0.148. The Kier molecular flexibility index (Phi) is 4.94. The molecular formula is C11H16OS. The molecule has 1 nitrogen and oxygen atoms in total. The molecule has 0 saturated heterocycles. The van der Waals surface area contributed by atoms with Gasteiger partial charge in [-0.2, -0.15) is 0 Å². The fourth-order valence-electron chi connectivity index (χ4n) is 1.10. The van der Waals surface area contributed by atoms with Crippen LogP contribution in [0.3, 0.4) is 0 Å². The molecule has 0 unspecified atom stereocenters. The average molecular weight is 196 g/mol. The Hall–Kier alpha value is -0.470. The van der Waals surface area contributed by atoms with Crippen molar-refractivity contribution in [3.63, 3.8) is 0 Å². The van der Waals surface area contributed by atoms with Crippen molar-refractivity contribution < 1.29 is 5.11 Å². The smallest absolute Gasteiger partial charge is 0.0692 e. The van der Waals surface area contributed by atoms with Crippen LogP contribution in [0.5, 0.6) is 0 Å². The summed E-state index contributed by atoms with van der Waals surface area (Å²) in [5.41, 5.74) is 1.05. The molecule has 0 radical (unpaired) electrons. The second kappa shape index (κ2) is 6.06. The van der Waals surface area contributed by atoms with Crippen molar-refractivity contribution >= 4 is 11.8 Å².